The molecule has 0 amide bonds. The van der Waals surface area contributed by atoms with Gasteiger partial charge in [-0.15, -0.1) is 0 Å². The smallest absolute Gasteiger partial charge is 0.138 e. The van der Waals surface area contributed by atoms with E-state index in [9.17, 15) is 4.39 Å². The Hall–Kier alpha value is -1.94. The number of aryl methyl sites for hydroxylation is 1. The number of aromatic nitrogens is 1. The molecular formula is C16H11BrFNO. The highest BCUT2D eigenvalue weighted by molar-refractivity contribution is 9.10. The van der Waals surface area contributed by atoms with Crippen LogP contribution in [0.3, 0.4) is 0 Å². The first-order valence-electron chi connectivity index (χ1n) is 6.12. The van der Waals surface area contributed by atoms with Gasteiger partial charge in [-0.2, -0.15) is 0 Å². The summed E-state index contributed by atoms with van der Waals surface area (Å²) in [5, 5.41) is 0.901. The van der Waals surface area contributed by atoms with Crippen molar-refractivity contribution in [2.75, 3.05) is 0 Å². The van der Waals surface area contributed by atoms with Crippen molar-refractivity contribution in [3.05, 3.63) is 64.5 Å². The molecule has 0 saturated carbocycles. The van der Waals surface area contributed by atoms with Gasteiger partial charge in [-0.3, -0.25) is 4.98 Å². The minimum Gasteiger partial charge on any atom is -0.456 e. The number of fused-ring (bicyclic) bond motifs is 1. The molecule has 0 radical (unpaired) electrons. The zero-order valence-electron chi connectivity index (χ0n) is 10.7. The number of hydrogen-bond donors (Lipinski definition) is 0. The maximum Gasteiger partial charge on any atom is 0.138 e. The SMILES string of the molecule is Cc1cc(Oc2cc(F)cc(Br)c2)c2ccccc2n1. The number of benzene rings is 2. The van der Waals surface area contributed by atoms with E-state index in [-0.39, 0.29) is 5.82 Å². The van der Waals surface area contributed by atoms with E-state index in [0.717, 1.165) is 16.6 Å². The van der Waals surface area contributed by atoms with Gasteiger partial charge in [0.1, 0.15) is 17.3 Å². The first-order valence-corrected chi connectivity index (χ1v) is 6.91. The molecule has 20 heavy (non-hydrogen) atoms. The lowest BCUT2D eigenvalue weighted by molar-refractivity contribution is 0.480. The Morgan fingerprint density at radius 3 is 2.70 bits per heavy atom. The Morgan fingerprint density at radius 2 is 1.90 bits per heavy atom. The van der Waals surface area contributed by atoms with E-state index in [1.807, 2.05) is 37.3 Å². The third kappa shape index (κ3) is 2.65. The summed E-state index contributed by atoms with van der Waals surface area (Å²) in [5.74, 6) is 0.780. The largest absolute Gasteiger partial charge is 0.456 e. The number of rotatable bonds is 2. The molecule has 0 aliphatic carbocycles. The second-order valence-corrected chi connectivity index (χ2v) is 5.40. The number of halogens is 2. The third-order valence-electron chi connectivity index (χ3n) is 2.87. The minimum absolute atomic E-state index is 0.343. The van der Waals surface area contributed by atoms with Crippen molar-refractivity contribution in [2.45, 2.75) is 6.92 Å². The molecule has 100 valence electrons. The molecule has 0 fully saturated rings. The number of nitrogens with zero attached hydrogens (tertiary/aromatic N) is 1. The monoisotopic (exact) mass is 331 g/mol. The van der Waals surface area contributed by atoms with Gasteiger partial charge in [0.05, 0.1) is 5.52 Å². The Bertz CT molecular complexity index is 768. The summed E-state index contributed by atoms with van der Waals surface area (Å²) in [6.45, 7) is 1.90. The molecule has 0 aliphatic heterocycles. The van der Waals surface area contributed by atoms with Gasteiger partial charge < -0.3 is 4.74 Å². The second kappa shape index (κ2) is 5.21. The topological polar surface area (TPSA) is 22.1 Å². The summed E-state index contributed by atoms with van der Waals surface area (Å²) in [6, 6.07) is 14.0. The molecule has 0 saturated heterocycles. The average molecular weight is 332 g/mol. The maximum atomic E-state index is 13.4. The van der Waals surface area contributed by atoms with E-state index in [4.69, 9.17) is 4.74 Å². The number of pyridine rings is 1. The molecule has 1 aromatic heterocycles. The fraction of sp³-hybridized carbons (Fsp3) is 0.0625. The van der Waals surface area contributed by atoms with Crippen LogP contribution >= 0.6 is 15.9 Å². The molecule has 2 aromatic carbocycles. The highest BCUT2D eigenvalue weighted by Crippen LogP contribution is 2.31. The number of para-hydroxylation sites is 1. The first-order chi connectivity index (χ1) is 9.61. The van der Waals surface area contributed by atoms with Crippen LogP contribution in [0.15, 0.2) is 53.0 Å². The molecule has 0 aliphatic rings. The molecule has 0 N–H and O–H groups in total. The van der Waals surface area contributed by atoms with Crippen molar-refractivity contribution >= 4 is 26.8 Å². The van der Waals surface area contributed by atoms with Crippen molar-refractivity contribution < 1.29 is 9.13 Å². The third-order valence-corrected chi connectivity index (χ3v) is 3.33. The maximum absolute atomic E-state index is 13.4. The second-order valence-electron chi connectivity index (χ2n) is 4.49. The molecule has 3 aromatic rings. The van der Waals surface area contributed by atoms with Gasteiger partial charge in [0.2, 0.25) is 0 Å². The molecule has 0 spiro atoms. The number of hydrogen-bond acceptors (Lipinski definition) is 2. The van der Waals surface area contributed by atoms with E-state index in [1.54, 1.807) is 6.07 Å². The summed E-state index contributed by atoms with van der Waals surface area (Å²) in [6.07, 6.45) is 0. The van der Waals surface area contributed by atoms with Crippen LogP contribution in [-0.2, 0) is 0 Å². The Kier molecular flexibility index (Phi) is 3.40. The quantitative estimate of drug-likeness (QED) is 0.640. The molecule has 3 rings (SSSR count). The van der Waals surface area contributed by atoms with E-state index < -0.39 is 0 Å². The molecule has 4 heteroatoms. The van der Waals surface area contributed by atoms with Crippen LogP contribution in [0.1, 0.15) is 5.69 Å². The van der Waals surface area contributed by atoms with Gasteiger partial charge in [0.15, 0.2) is 0 Å². The molecule has 0 bridgehead atoms. The zero-order valence-corrected chi connectivity index (χ0v) is 12.3. The summed E-state index contributed by atoms with van der Waals surface area (Å²) in [5.41, 5.74) is 1.71. The average Bonchev–Trinajstić information content (AvgIpc) is 2.37. The van der Waals surface area contributed by atoms with E-state index in [0.29, 0.717) is 16.0 Å². The summed E-state index contributed by atoms with van der Waals surface area (Å²) in [4.78, 5) is 4.45. The standard InChI is InChI=1S/C16H11BrFNO/c1-10-6-16(14-4-2-3-5-15(14)19-10)20-13-8-11(17)7-12(18)9-13/h2-9H,1H3. The van der Waals surface area contributed by atoms with E-state index in [1.165, 1.54) is 12.1 Å². The lowest BCUT2D eigenvalue weighted by Gasteiger charge is -2.10. The Morgan fingerprint density at radius 1 is 1.10 bits per heavy atom. The molecule has 0 unspecified atom stereocenters. The minimum atomic E-state index is -0.343. The van der Waals surface area contributed by atoms with Gasteiger partial charge in [-0.05, 0) is 31.2 Å². The van der Waals surface area contributed by atoms with Crippen molar-refractivity contribution in [1.82, 2.24) is 4.98 Å². The lowest BCUT2D eigenvalue weighted by atomic mass is 10.2. The van der Waals surface area contributed by atoms with Gasteiger partial charge in [0, 0.05) is 27.7 Å². The van der Waals surface area contributed by atoms with Crippen molar-refractivity contribution in [3.63, 3.8) is 0 Å². The van der Waals surface area contributed by atoms with Gasteiger partial charge >= 0.3 is 0 Å². The first kappa shape index (κ1) is 13.1. The van der Waals surface area contributed by atoms with Crippen LogP contribution in [0.4, 0.5) is 4.39 Å². The van der Waals surface area contributed by atoms with E-state index in [2.05, 4.69) is 20.9 Å². The van der Waals surface area contributed by atoms with Crippen LogP contribution in [0.25, 0.3) is 10.9 Å². The summed E-state index contributed by atoms with van der Waals surface area (Å²) >= 11 is 3.26. The van der Waals surface area contributed by atoms with Gasteiger partial charge in [-0.25, -0.2) is 4.39 Å². The fourth-order valence-corrected chi connectivity index (χ4v) is 2.51. The highest BCUT2D eigenvalue weighted by atomic mass is 79.9. The molecule has 2 nitrogen and oxygen atoms in total. The predicted molar refractivity (Wildman–Crippen MR) is 80.7 cm³/mol. The zero-order chi connectivity index (χ0) is 14.1. The van der Waals surface area contributed by atoms with Crippen LogP contribution < -0.4 is 4.74 Å². The van der Waals surface area contributed by atoms with Gasteiger partial charge in [0.25, 0.3) is 0 Å². The molecule has 0 atom stereocenters. The molecule has 1 heterocycles. The van der Waals surface area contributed by atoms with Crippen LogP contribution in [-0.4, -0.2) is 4.98 Å². The van der Waals surface area contributed by atoms with Crippen LogP contribution in [0.2, 0.25) is 0 Å². The Labute approximate surface area is 124 Å². The lowest BCUT2D eigenvalue weighted by Crippen LogP contribution is -1.91. The fourth-order valence-electron chi connectivity index (χ4n) is 2.07. The summed E-state index contributed by atoms with van der Waals surface area (Å²) in [7, 11) is 0. The predicted octanol–water partition coefficient (Wildman–Crippen LogP) is 5.24. The van der Waals surface area contributed by atoms with Crippen molar-refractivity contribution in [3.8, 4) is 11.5 Å². The molecular weight excluding hydrogens is 321 g/mol. The van der Waals surface area contributed by atoms with Crippen LogP contribution in [0, 0.1) is 12.7 Å². The normalized spacial score (nSPS) is 10.8. The highest BCUT2D eigenvalue weighted by Gasteiger charge is 2.07. The number of ether oxygens (including phenoxy) is 1. The van der Waals surface area contributed by atoms with Crippen molar-refractivity contribution in [1.29, 1.82) is 0 Å². The van der Waals surface area contributed by atoms with E-state index >= 15 is 0 Å². The Balaban J connectivity index is 2.10. The van der Waals surface area contributed by atoms with Gasteiger partial charge in [-0.1, -0.05) is 28.1 Å². The van der Waals surface area contributed by atoms with Crippen LogP contribution in [0.5, 0.6) is 11.5 Å². The van der Waals surface area contributed by atoms with Crippen molar-refractivity contribution in [2.24, 2.45) is 0 Å². The summed E-state index contributed by atoms with van der Waals surface area (Å²) < 4.78 is 19.9.